The quantitative estimate of drug-likeness (QED) is 0.591. The lowest BCUT2D eigenvalue weighted by atomic mass is 10.2. The summed E-state index contributed by atoms with van der Waals surface area (Å²) in [6.07, 6.45) is 1.37. The molecule has 0 aliphatic carbocycles. The molecular formula is C14H9Br2FN2O2. The SMILES string of the molecule is O=C(N/N=C\c1cc(O)c(Br)cc1Br)c1cccc(F)c1. The molecule has 4 nitrogen and oxygen atoms in total. The molecule has 0 spiro atoms. The fourth-order valence-corrected chi connectivity index (χ4v) is 2.60. The molecule has 2 rings (SSSR count). The zero-order valence-corrected chi connectivity index (χ0v) is 13.7. The number of hydrazone groups is 1. The van der Waals surface area contributed by atoms with Crippen LogP contribution in [0.25, 0.3) is 0 Å². The summed E-state index contributed by atoms with van der Waals surface area (Å²) in [6.45, 7) is 0. The van der Waals surface area contributed by atoms with E-state index in [0.717, 1.165) is 6.07 Å². The van der Waals surface area contributed by atoms with Gasteiger partial charge in [0.15, 0.2) is 0 Å². The van der Waals surface area contributed by atoms with E-state index in [0.29, 0.717) is 14.5 Å². The maximum absolute atomic E-state index is 13.0. The third kappa shape index (κ3) is 4.12. The van der Waals surface area contributed by atoms with Crippen molar-refractivity contribution in [2.45, 2.75) is 0 Å². The van der Waals surface area contributed by atoms with Crippen molar-refractivity contribution < 1.29 is 14.3 Å². The molecule has 0 radical (unpaired) electrons. The Morgan fingerprint density at radius 2 is 2.00 bits per heavy atom. The van der Waals surface area contributed by atoms with Crippen molar-refractivity contribution in [2.75, 3.05) is 0 Å². The molecule has 0 unspecified atom stereocenters. The summed E-state index contributed by atoms with van der Waals surface area (Å²) in [4.78, 5) is 11.7. The molecule has 0 saturated carbocycles. The molecule has 21 heavy (non-hydrogen) atoms. The monoisotopic (exact) mass is 414 g/mol. The molecule has 108 valence electrons. The molecule has 7 heteroatoms. The number of phenols is 1. The van der Waals surface area contributed by atoms with Gasteiger partial charge < -0.3 is 5.11 Å². The molecule has 1 amide bonds. The smallest absolute Gasteiger partial charge is 0.271 e. The first kappa shape index (κ1) is 15.7. The fraction of sp³-hybridized carbons (Fsp3) is 0. The number of phenolic OH excluding ortho intramolecular Hbond substituents is 1. The molecule has 0 aromatic heterocycles. The molecule has 2 aromatic rings. The number of hydrogen-bond acceptors (Lipinski definition) is 3. The Labute approximate surface area is 136 Å². The van der Waals surface area contributed by atoms with E-state index in [2.05, 4.69) is 42.4 Å². The normalized spacial score (nSPS) is 10.8. The van der Waals surface area contributed by atoms with Crippen LogP contribution in [0, 0.1) is 5.82 Å². The van der Waals surface area contributed by atoms with Crippen LogP contribution < -0.4 is 5.43 Å². The highest BCUT2D eigenvalue weighted by molar-refractivity contribution is 9.11. The second-order valence-corrected chi connectivity index (χ2v) is 5.74. The van der Waals surface area contributed by atoms with Crippen LogP contribution in [0.5, 0.6) is 5.75 Å². The fourth-order valence-electron chi connectivity index (χ4n) is 1.51. The van der Waals surface area contributed by atoms with E-state index in [1.807, 2.05) is 0 Å². The number of amides is 1. The molecule has 0 aliphatic heterocycles. The second-order valence-electron chi connectivity index (χ2n) is 4.03. The van der Waals surface area contributed by atoms with E-state index < -0.39 is 11.7 Å². The Bertz CT molecular complexity index is 720. The Balaban J connectivity index is 2.09. The zero-order valence-electron chi connectivity index (χ0n) is 10.5. The van der Waals surface area contributed by atoms with Crippen molar-refractivity contribution in [1.82, 2.24) is 5.43 Å². The van der Waals surface area contributed by atoms with E-state index in [4.69, 9.17) is 0 Å². The largest absolute Gasteiger partial charge is 0.507 e. The summed E-state index contributed by atoms with van der Waals surface area (Å²) in [5.74, 6) is -0.966. The first-order chi connectivity index (χ1) is 9.97. The highest BCUT2D eigenvalue weighted by Crippen LogP contribution is 2.29. The van der Waals surface area contributed by atoms with Crippen LogP contribution in [0.1, 0.15) is 15.9 Å². The van der Waals surface area contributed by atoms with Crippen molar-refractivity contribution in [1.29, 1.82) is 0 Å². The second kappa shape index (κ2) is 6.82. The summed E-state index contributed by atoms with van der Waals surface area (Å²) >= 11 is 6.49. The van der Waals surface area contributed by atoms with Crippen molar-refractivity contribution >= 4 is 44.0 Å². The van der Waals surface area contributed by atoms with Gasteiger partial charge in [0, 0.05) is 15.6 Å². The number of carbonyl (C=O) groups excluding carboxylic acids is 1. The zero-order chi connectivity index (χ0) is 15.4. The Hall–Kier alpha value is -1.73. The molecule has 0 aliphatic rings. The number of halogens is 3. The summed E-state index contributed by atoms with van der Waals surface area (Å²) in [5.41, 5.74) is 3.04. The van der Waals surface area contributed by atoms with Crippen LogP contribution in [0.3, 0.4) is 0 Å². The predicted molar refractivity (Wildman–Crippen MR) is 85.0 cm³/mol. The van der Waals surface area contributed by atoms with Crippen LogP contribution in [-0.4, -0.2) is 17.2 Å². The minimum atomic E-state index is -0.525. The predicted octanol–water partition coefficient (Wildman–Crippen LogP) is 3.82. The number of benzene rings is 2. The number of nitrogens with zero attached hydrogens (tertiary/aromatic N) is 1. The Kier molecular flexibility index (Phi) is 5.08. The highest BCUT2D eigenvalue weighted by atomic mass is 79.9. The van der Waals surface area contributed by atoms with E-state index in [1.54, 1.807) is 6.07 Å². The Morgan fingerprint density at radius 1 is 1.24 bits per heavy atom. The molecule has 2 aromatic carbocycles. The molecule has 0 bridgehead atoms. The van der Waals surface area contributed by atoms with E-state index >= 15 is 0 Å². The van der Waals surface area contributed by atoms with E-state index in [1.165, 1.54) is 30.5 Å². The van der Waals surface area contributed by atoms with Gasteiger partial charge >= 0.3 is 0 Å². The summed E-state index contributed by atoms with van der Waals surface area (Å²) in [5, 5.41) is 13.4. The molecule has 2 N–H and O–H groups in total. The number of nitrogens with one attached hydrogen (secondary N) is 1. The van der Waals surface area contributed by atoms with Gasteiger partial charge in [0.1, 0.15) is 11.6 Å². The standard InChI is InChI=1S/C14H9Br2FN2O2/c15-11-6-12(16)13(20)5-9(11)7-18-19-14(21)8-2-1-3-10(17)4-8/h1-7,20H,(H,19,21)/b18-7-. The first-order valence-electron chi connectivity index (χ1n) is 5.74. The van der Waals surface area contributed by atoms with Gasteiger partial charge in [-0.1, -0.05) is 22.0 Å². The molecule has 0 saturated heterocycles. The number of rotatable bonds is 3. The van der Waals surface area contributed by atoms with Gasteiger partial charge in [-0.15, -0.1) is 0 Å². The summed E-state index contributed by atoms with van der Waals surface area (Å²) < 4.78 is 14.2. The van der Waals surface area contributed by atoms with Crippen LogP contribution in [0.4, 0.5) is 4.39 Å². The third-order valence-electron chi connectivity index (χ3n) is 2.52. The maximum Gasteiger partial charge on any atom is 0.271 e. The van der Waals surface area contributed by atoms with E-state index in [9.17, 15) is 14.3 Å². The minimum absolute atomic E-state index is 0.0520. The number of carbonyl (C=O) groups is 1. The number of hydrogen-bond donors (Lipinski definition) is 2. The lowest BCUT2D eigenvalue weighted by molar-refractivity contribution is 0.0954. The van der Waals surface area contributed by atoms with Gasteiger partial charge in [-0.25, -0.2) is 9.82 Å². The lowest BCUT2D eigenvalue weighted by Gasteiger charge is -2.03. The average Bonchev–Trinajstić information content (AvgIpc) is 2.44. The maximum atomic E-state index is 13.0. The van der Waals surface area contributed by atoms with E-state index in [-0.39, 0.29) is 11.3 Å². The van der Waals surface area contributed by atoms with Crippen LogP contribution in [0.2, 0.25) is 0 Å². The third-order valence-corrected chi connectivity index (χ3v) is 3.84. The Morgan fingerprint density at radius 3 is 2.71 bits per heavy atom. The first-order valence-corrected chi connectivity index (χ1v) is 7.33. The van der Waals surface area contributed by atoms with Crippen molar-refractivity contribution in [2.24, 2.45) is 5.10 Å². The van der Waals surface area contributed by atoms with Gasteiger partial charge in [-0.2, -0.15) is 5.10 Å². The van der Waals surface area contributed by atoms with Crippen LogP contribution in [0.15, 0.2) is 50.4 Å². The average molecular weight is 416 g/mol. The van der Waals surface area contributed by atoms with Gasteiger partial charge in [0.2, 0.25) is 0 Å². The van der Waals surface area contributed by atoms with Crippen molar-refractivity contribution in [3.63, 3.8) is 0 Å². The molecule has 0 heterocycles. The van der Waals surface area contributed by atoms with Gasteiger partial charge in [0.05, 0.1) is 10.7 Å². The summed E-state index contributed by atoms with van der Waals surface area (Å²) in [6, 6.07) is 8.43. The van der Waals surface area contributed by atoms with Crippen LogP contribution in [-0.2, 0) is 0 Å². The summed E-state index contributed by atoms with van der Waals surface area (Å²) in [7, 11) is 0. The lowest BCUT2D eigenvalue weighted by Crippen LogP contribution is -2.17. The van der Waals surface area contributed by atoms with Gasteiger partial charge in [0.25, 0.3) is 5.91 Å². The van der Waals surface area contributed by atoms with Crippen LogP contribution >= 0.6 is 31.9 Å². The minimum Gasteiger partial charge on any atom is -0.507 e. The topological polar surface area (TPSA) is 61.7 Å². The molecular weight excluding hydrogens is 407 g/mol. The molecule has 0 fully saturated rings. The number of aromatic hydroxyl groups is 1. The molecule has 0 atom stereocenters. The van der Waals surface area contributed by atoms with Crippen molar-refractivity contribution in [3.8, 4) is 5.75 Å². The van der Waals surface area contributed by atoms with Crippen molar-refractivity contribution in [3.05, 3.63) is 62.3 Å². The van der Waals surface area contributed by atoms with Gasteiger partial charge in [-0.3, -0.25) is 4.79 Å². The highest BCUT2D eigenvalue weighted by Gasteiger charge is 2.06. The van der Waals surface area contributed by atoms with Gasteiger partial charge in [-0.05, 0) is 46.3 Å².